The first-order valence-corrected chi connectivity index (χ1v) is 8.54. The number of carboxylic acid groups (broad SMARTS) is 1. The first kappa shape index (κ1) is 23.1. The fourth-order valence-corrected chi connectivity index (χ4v) is 2.11. The third kappa shape index (κ3) is 9.89. The van der Waals surface area contributed by atoms with E-state index in [1.807, 2.05) is 0 Å². The van der Waals surface area contributed by atoms with Crippen molar-refractivity contribution in [1.29, 1.82) is 0 Å². The van der Waals surface area contributed by atoms with Gasteiger partial charge in [-0.3, -0.25) is 14.4 Å². The Morgan fingerprint density at radius 2 is 1.60 bits per heavy atom. The summed E-state index contributed by atoms with van der Waals surface area (Å²) in [6.45, 7) is 0.425. The summed E-state index contributed by atoms with van der Waals surface area (Å²) in [7, 11) is 0. The minimum atomic E-state index is -1.30. The number of aliphatic carboxylic acids is 1. The van der Waals surface area contributed by atoms with Crippen molar-refractivity contribution in [2.75, 3.05) is 12.3 Å². The number of carboxylic acids is 1. The van der Waals surface area contributed by atoms with E-state index in [9.17, 15) is 19.2 Å². The molecule has 144 valence electrons. The predicted octanol–water partition coefficient (Wildman–Crippen LogP) is -2.31. The van der Waals surface area contributed by atoms with Gasteiger partial charge in [-0.15, -0.1) is 0 Å². The molecular weight excluding hydrogens is 350 g/mol. The summed E-state index contributed by atoms with van der Waals surface area (Å²) >= 11 is 3.92. The third-order valence-electron chi connectivity index (χ3n) is 3.41. The second kappa shape index (κ2) is 12.5. The molecule has 0 aromatic carbocycles. The van der Waals surface area contributed by atoms with Gasteiger partial charge in [-0.1, -0.05) is 0 Å². The Balaban J connectivity index is 4.93. The van der Waals surface area contributed by atoms with Crippen molar-refractivity contribution < 1.29 is 24.3 Å². The standard InChI is InChI=1S/C14H27N5O5S/c15-6-2-1-3-9(18-12(21)8(16)7-25)13(22)19-10(14(23)24)4-5-11(17)20/h8-10,25H,1-7,15-16H2,(H2,17,20)(H,18,21)(H,19,22)(H,23,24). The van der Waals surface area contributed by atoms with E-state index in [-0.39, 0.29) is 25.0 Å². The number of hydrogen-bond acceptors (Lipinski definition) is 7. The Morgan fingerprint density at radius 1 is 1.00 bits per heavy atom. The molecule has 0 saturated heterocycles. The van der Waals surface area contributed by atoms with Crippen LogP contribution < -0.4 is 27.8 Å². The van der Waals surface area contributed by atoms with Gasteiger partial charge < -0.3 is 32.9 Å². The number of carbonyl (C=O) groups excluding carboxylic acids is 3. The van der Waals surface area contributed by atoms with Crippen molar-refractivity contribution in [3.05, 3.63) is 0 Å². The Hall–Kier alpha value is -1.85. The number of primary amides is 1. The number of rotatable bonds is 13. The molecule has 10 nitrogen and oxygen atoms in total. The van der Waals surface area contributed by atoms with Gasteiger partial charge in [0.2, 0.25) is 17.7 Å². The second-order valence-corrected chi connectivity index (χ2v) is 5.90. The SMILES string of the molecule is NCCCCC(NC(=O)C(N)CS)C(=O)NC(CCC(N)=O)C(=O)O. The maximum Gasteiger partial charge on any atom is 0.326 e. The Kier molecular flexibility index (Phi) is 11.6. The van der Waals surface area contributed by atoms with Gasteiger partial charge in [0, 0.05) is 12.2 Å². The number of carbonyl (C=O) groups is 4. The Morgan fingerprint density at radius 3 is 2.08 bits per heavy atom. The molecule has 3 amide bonds. The molecule has 25 heavy (non-hydrogen) atoms. The molecule has 0 aromatic rings. The summed E-state index contributed by atoms with van der Waals surface area (Å²) in [5.41, 5.74) is 16.0. The molecule has 0 saturated carbocycles. The van der Waals surface area contributed by atoms with Crippen LogP contribution in [0.2, 0.25) is 0 Å². The van der Waals surface area contributed by atoms with Crippen molar-refractivity contribution in [3.63, 3.8) is 0 Å². The van der Waals surface area contributed by atoms with Crippen LogP contribution in [0.4, 0.5) is 0 Å². The highest BCUT2D eigenvalue weighted by Gasteiger charge is 2.27. The van der Waals surface area contributed by atoms with E-state index in [0.717, 1.165) is 0 Å². The fraction of sp³-hybridized carbons (Fsp3) is 0.714. The van der Waals surface area contributed by atoms with Crippen LogP contribution >= 0.6 is 12.6 Å². The molecule has 0 spiro atoms. The molecule has 0 rings (SSSR count). The van der Waals surface area contributed by atoms with Crippen LogP contribution in [0.15, 0.2) is 0 Å². The van der Waals surface area contributed by atoms with Gasteiger partial charge in [0.25, 0.3) is 0 Å². The van der Waals surface area contributed by atoms with E-state index in [2.05, 4.69) is 23.3 Å². The zero-order valence-electron chi connectivity index (χ0n) is 13.9. The van der Waals surface area contributed by atoms with E-state index in [1.54, 1.807) is 0 Å². The quantitative estimate of drug-likeness (QED) is 0.138. The highest BCUT2D eigenvalue weighted by Crippen LogP contribution is 2.04. The van der Waals surface area contributed by atoms with Crippen molar-refractivity contribution in [3.8, 4) is 0 Å². The highest BCUT2D eigenvalue weighted by atomic mass is 32.1. The largest absolute Gasteiger partial charge is 0.480 e. The first-order chi connectivity index (χ1) is 11.7. The fourth-order valence-electron chi connectivity index (χ4n) is 1.94. The van der Waals surface area contributed by atoms with Gasteiger partial charge in [0.15, 0.2) is 0 Å². The molecule has 0 aromatic heterocycles. The molecular formula is C14H27N5O5S. The maximum absolute atomic E-state index is 12.3. The number of hydrogen-bond donors (Lipinski definition) is 7. The van der Waals surface area contributed by atoms with E-state index < -0.39 is 41.8 Å². The van der Waals surface area contributed by atoms with Crippen LogP contribution in [0, 0.1) is 0 Å². The summed E-state index contributed by atoms with van der Waals surface area (Å²) in [6, 6.07) is -3.13. The van der Waals surface area contributed by atoms with Crippen LogP contribution in [-0.2, 0) is 19.2 Å². The lowest BCUT2D eigenvalue weighted by molar-refractivity contribution is -0.142. The monoisotopic (exact) mass is 377 g/mol. The minimum absolute atomic E-state index is 0.0966. The molecule has 0 heterocycles. The third-order valence-corrected chi connectivity index (χ3v) is 3.80. The summed E-state index contributed by atoms with van der Waals surface area (Å²) in [5, 5.41) is 13.9. The number of unbranched alkanes of at least 4 members (excludes halogenated alkanes) is 1. The minimum Gasteiger partial charge on any atom is -0.480 e. The molecule has 3 atom stereocenters. The number of nitrogens with two attached hydrogens (primary N) is 3. The van der Waals surface area contributed by atoms with Crippen LogP contribution in [0.5, 0.6) is 0 Å². The second-order valence-electron chi connectivity index (χ2n) is 5.54. The number of amides is 3. The summed E-state index contributed by atoms with van der Waals surface area (Å²) in [6.07, 6.45) is 1.14. The maximum atomic E-state index is 12.3. The van der Waals surface area contributed by atoms with E-state index in [0.29, 0.717) is 19.4 Å². The average Bonchev–Trinajstić information content (AvgIpc) is 2.56. The normalized spacial score (nSPS) is 14.2. The smallest absolute Gasteiger partial charge is 0.326 e. The van der Waals surface area contributed by atoms with Crippen molar-refractivity contribution in [1.82, 2.24) is 10.6 Å². The lowest BCUT2D eigenvalue weighted by atomic mass is 10.1. The highest BCUT2D eigenvalue weighted by molar-refractivity contribution is 7.80. The summed E-state index contributed by atoms with van der Waals surface area (Å²) in [5.74, 6) is -3.11. The van der Waals surface area contributed by atoms with Gasteiger partial charge in [0.1, 0.15) is 12.1 Å². The Labute approximate surface area is 151 Å². The zero-order chi connectivity index (χ0) is 19.4. The molecule has 0 radical (unpaired) electrons. The molecule has 3 unspecified atom stereocenters. The van der Waals surface area contributed by atoms with Crippen LogP contribution in [0.1, 0.15) is 32.1 Å². The van der Waals surface area contributed by atoms with Crippen molar-refractivity contribution in [2.45, 2.75) is 50.2 Å². The molecule has 11 heteroatoms. The van der Waals surface area contributed by atoms with Gasteiger partial charge in [-0.25, -0.2) is 4.79 Å². The van der Waals surface area contributed by atoms with Crippen LogP contribution in [0.25, 0.3) is 0 Å². The van der Waals surface area contributed by atoms with E-state index >= 15 is 0 Å². The van der Waals surface area contributed by atoms with E-state index in [1.165, 1.54) is 0 Å². The van der Waals surface area contributed by atoms with Gasteiger partial charge in [-0.05, 0) is 32.2 Å². The average molecular weight is 377 g/mol. The van der Waals surface area contributed by atoms with E-state index in [4.69, 9.17) is 22.3 Å². The van der Waals surface area contributed by atoms with Crippen LogP contribution in [-0.4, -0.2) is 59.2 Å². The topological polar surface area (TPSA) is 191 Å². The van der Waals surface area contributed by atoms with Gasteiger partial charge >= 0.3 is 5.97 Å². The van der Waals surface area contributed by atoms with Crippen molar-refractivity contribution in [2.24, 2.45) is 17.2 Å². The molecule has 0 fully saturated rings. The Bertz CT molecular complexity index is 477. The number of thiol groups is 1. The van der Waals surface area contributed by atoms with Gasteiger partial charge in [0.05, 0.1) is 6.04 Å². The summed E-state index contributed by atoms with van der Waals surface area (Å²) < 4.78 is 0. The van der Waals surface area contributed by atoms with Gasteiger partial charge in [-0.2, -0.15) is 12.6 Å². The van der Waals surface area contributed by atoms with Crippen molar-refractivity contribution >= 4 is 36.3 Å². The predicted molar refractivity (Wildman–Crippen MR) is 94.7 cm³/mol. The zero-order valence-corrected chi connectivity index (χ0v) is 14.8. The molecule has 0 aliphatic heterocycles. The summed E-state index contributed by atoms with van der Waals surface area (Å²) in [4.78, 5) is 46.2. The molecule has 0 aliphatic carbocycles. The molecule has 0 aliphatic rings. The first-order valence-electron chi connectivity index (χ1n) is 7.91. The molecule has 0 bridgehead atoms. The van der Waals surface area contributed by atoms with Crippen LogP contribution in [0.3, 0.4) is 0 Å². The number of nitrogens with one attached hydrogen (secondary N) is 2. The lowest BCUT2D eigenvalue weighted by Gasteiger charge is -2.22. The lowest BCUT2D eigenvalue weighted by Crippen LogP contribution is -2.54. The molecule has 9 N–H and O–H groups in total.